The van der Waals surface area contributed by atoms with Gasteiger partial charge >= 0.3 is 0 Å². The molecule has 0 heterocycles. The number of hydrogen-bond donors (Lipinski definition) is 1. The average Bonchev–Trinajstić information content (AvgIpc) is 2.28. The first-order valence-electron chi connectivity index (χ1n) is 5.26. The average molecular weight is 225 g/mol. The molecule has 0 spiro atoms. The summed E-state index contributed by atoms with van der Waals surface area (Å²) >= 11 is 0. The Bertz CT molecular complexity index is 366. The molecule has 0 saturated heterocycles. The van der Waals surface area contributed by atoms with Crippen LogP contribution in [-0.4, -0.2) is 13.0 Å². The molecule has 3 nitrogen and oxygen atoms in total. The Labute approximate surface area is 94.6 Å². The standard InChI is InChI=1S/C12H16FNO2/c1-3-4-12(15)14-8-9-5-6-10(13)11(7-9)16-2/h5-7H,3-4,8H2,1-2H3,(H,14,15). The van der Waals surface area contributed by atoms with E-state index in [2.05, 4.69) is 5.32 Å². The molecule has 0 saturated carbocycles. The third kappa shape index (κ3) is 3.53. The minimum absolute atomic E-state index is 0.00536. The van der Waals surface area contributed by atoms with Crippen molar-refractivity contribution in [3.8, 4) is 5.75 Å². The van der Waals surface area contributed by atoms with Crippen LogP contribution in [0.15, 0.2) is 18.2 Å². The molecule has 0 aliphatic rings. The van der Waals surface area contributed by atoms with Crippen molar-refractivity contribution >= 4 is 5.91 Å². The topological polar surface area (TPSA) is 38.3 Å². The molecule has 0 unspecified atom stereocenters. The third-order valence-electron chi connectivity index (χ3n) is 2.18. The molecule has 1 aromatic rings. The van der Waals surface area contributed by atoms with Gasteiger partial charge in [0.05, 0.1) is 7.11 Å². The second-order valence-corrected chi connectivity index (χ2v) is 3.50. The fourth-order valence-corrected chi connectivity index (χ4v) is 1.33. The van der Waals surface area contributed by atoms with Crippen LogP contribution in [0.4, 0.5) is 4.39 Å². The van der Waals surface area contributed by atoms with Crippen LogP contribution < -0.4 is 10.1 Å². The van der Waals surface area contributed by atoms with E-state index in [4.69, 9.17) is 4.74 Å². The van der Waals surface area contributed by atoms with Crippen LogP contribution in [0, 0.1) is 5.82 Å². The van der Waals surface area contributed by atoms with Gasteiger partial charge in [-0.15, -0.1) is 0 Å². The van der Waals surface area contributed by atoms with E-state index < -0.39 is 5.82 Å². The Balaban J connectivity index is 2.57. The highest BCUT2D eigenvalue weighted by atomic mass is 19.1. The van der Waals surface area contributed by atoms with Gasteiger partial charge in [0.2, 0.25) is 5.91 Å². The molecule has 0 aliphatic heterocycles. The number of amides is 1. The Morgan fingerprint density at radius 2 is 2.25 bits per heavy atom. The van der Waals surface area contributed by atoms with Crippen molar-refractivity contribution < 1.29 is 13.9 Å². The predicted octanol–water partition coefficient (Wildman–Crippen LogP) is 2.25. The van der Waals surface area contributed by atoms with Gasteiger partial charge in [0.15, 0.2) is 11.6 Å². The monoisotopic (exact) mass is 225 g/mol. The molecular weight excluding hydrogens is 209 g/mol. The smallest absolute Gasteiger partial charge is 0.220 e. The van der Waals surface area contributed by atoms with Crippen molar-refractivity contribution in [2.75, 3.05) is 7.11 Å². The maximum Gasteiger partial charge on any atom is 0.220 e. The van der Waals surface area contributed by atoms with Crippen molar-refractivity contribution in [3.63, 3.8) is 0 Å². The summed E-state index contributed by atoms with van der Waals surface area (Å²) in [6, 6.07) is 4.55. The maximum absolute atomic E-state index is 13.1. The second kappa shape index (κ2) is 6.10. The van der Waals surface area contributed by atoms with Gasteiger partial charge in [0.1, 0.15) is 0 Å². The van der Waals surface area contributed by atoms with Crippen LogP contribution in [0.25, 0.3) is 0 Å². The lowest BCUT2D eigenvalue weighted by Gasteiger charge is -2.07. The van der Waals surface area contributed by atoms with E-state index in [1.165, 1.54) is 13.2 Å². The summed E-state index contributed by atoms with van der Waals surface area (Å²) in [5.41, 5.74) is 0.822. The molecule has 4 heteroatoms. The number of ether oxygens (including phenoxy) is 1. The predicted molar refractivity (Wildman–Crippen MR) is 59.7 cm³/mol. The fourth-order valence-electron chi connectivity index (χ4n) is 1.33. The van der Waals surface area contributed by atoms with Crippen molar-refractivity contribution in [2.45, 2.75) is 26.3 Å². The number of hydrogen-bond acceptors (Lipinski definition) is 2. The first-order valence-corrected chi connectivity index (χ1v) is 5.26. The number of nitrogens with one attached hydrogen (secondary N) is 1. The number of methoxy groups -OCH3 is 1. The van der Waals surface area contributed by atoms with Crippen LogP contribution >= 0.6 is 0 Å². The number of halogens is 1. The second-order valence-electron chi connectivity index (χ2n) is 3.50. The van der Waals surface area contributed by atoms with Crippen LogP contribution in [0.1, 0.15) is 25.3 Å². The van der Waals surface area contributed by atoms with Crippen LogP contribution in [-0.2, 0) is 11.3 Å². The summed E-state index contributed by atoms with van der Waals surface area (Å²) in [5.74, 6) is -0.195. The molecule has 0 radical (unpaired) electrons. The Morgan fingerprint density at radius 3 is 2.88 bits per heavy atom. The van der Waals surface area contributed by atoms with Gasteiger partial charge in [-0.25, -0.2) is 4.39 Å². The Morgan fingerprint density at radius 1 is 1.50 bits per heavy atom. The minimum Gasteiger partial charge on any atom is -0.494 e. The fraction of sp³-hybridized carbons (Fsp3) is 0.417. The molecule has 0 fully saturated rings. The number of carbonyl (C=O) groups is 1. The first kappa shape index (κ1) is 12.5. The molecule has 0 atom stereocenters. The summed E-state index contributed by atoms with van der Waals surface area (Å²) in [4.78, 5) is 11.2. The highest BCUT2D eigenvalue weighted by molar-refractivity contribution is 5.75. The summed E-state index contributed by atoms with van der Waals surface area (Å²) in [7, 11) is 1.41. The lowest BCUT2D eigenvalue weighted by Crippen LogP contribution is -2.22. The highest BCUT2D eigenvalue weighted by Crippen LogP contribution is 2.17. The molecule has 1 N–H and O–H groups in total. The Kier molecular flexibility index (Phi) is 4.76. The van der Waals surface area contributed by atoms with Gasteiger partial charge in [-0.3, -0.25) is 4.79 Å². The molecule has 88 valence electrons. The third-order valence-corrected chi connectivity index (χ3v) is 2.18. The van der Waals surface area contributed by atoms with Gasteiger partial charge < -0.3 is 10.1 Å². The zero-order valence-electron chi connectivity index (χ0n) is 9.55. The van der Waals surface area contributed by atoms with Gasteiger partial charge in [0, 0.05) is 13.0 Å². The molecule has 16 heavy (non-hydrogen) atoms. The van der Waals surface area contributed by atoms with Crippen LogP contribution in [0.5, 0.6) is 5.75 Å². The van der Waals surface area contributed by atoms with Gasteiger partial charge in [0.25, 0.3) is 0 Å². The van der Waals surface area contributed by atoms with E-state index >= 15 is 0 Å². The summed E-state index contributed by atoms with van der Waals surface area (Å²) in [6.45, 7) is 2.34. The van der Waals surface area contributed by atoms with Gasteiger partial charge in [-0.1, -0.05) is 13.0 Å². The molecule has 0 aromatic heterocycles. The van der Waals surface area contributed by atoms with Crippen LogP contribution in [0.3, 0.4) is 0 Å². The lowest BCUT2D eigenvalue weighted by molar-refractivity contribution is -0.121. The normalized spacial score (nSPS) is 9.94. The Hall–Kier alpha value is -1.58. The lowest BCUT2D eigenvalue weighted by atomic mass is 10.2. The van der Waals surface area contributed by atoms with E-state index in [0.717, 1.165) is 12.0 Å². The molecule has 1 aromatic carbocycles. The maximum atomic E-state index is 13.1. The van der Waals surface area contributed by atoms with E-state index in [1.807, 2.05) is 6.92 Å². The van der Waals surface area contributed by atoms with Crippen molar-refractivity contribution in [3.05, 3.63) is 29.6 Å². The quantitative estimate of drug-likeness (QED) is 0.834. The molecule has 0 bridgehead atoms. The molecular formula is C12H16FNO2. The number of benzene rings is 1. The summed E-state index contributed by atoms with van der Waals surface area (Å²) in [5, 5.41) is 2.75. The number of carbonyl (C=O) groups excluding carboxylic acids is 1. The summed E-state index contributed by atoms with van der Waals surface area (Å²) in [6.07, 6.45) is 1.33. The van der Waals surface area contributed by atoms with Gasteiger partial charge in [-0.05, 0) is 24.1 Å². The minimum atomic E-state index is -0.397. The first-order chi connectivity index (χ1) is 7.67. The van der Waals surface area contributed by atoms with E-state index in [-0.39, 0.29) is 11.7 Å². The largest absolute Gasteiger partial charge is 0.494 e. The zero-order chi connectivity index (χ0) is 12.0. The van der Waals surface area contributed by atoms with Gasteiger partial charge in [-0.2, -0.15) is 0 Å². The summed E-state index contributed by atoms with van der Waals surface area (Å²) < 4.78 is 17.9. The SMILES string of the molecule is CCCC(=O)NCc1ccc(F)c(OC)c1. The van der Waals surface area contributed by atoms with Crippen molar-refractivity contribution in [1.29, 1.82) is 0 Å². The van der Waals surface area contributed by atoms with Crippen molar-refractivity contribution in [1.82, 2.24) is 5.32 Å². The highest BCUT2D eigenvalue weighted by Gasteiger charge is 2.04. The van der Waals surface area contributed by atoms with E-state index in [0.29, 0.717) is 13.0 Å². The van der Waals surface area contributed by atoms with Crippen LogP contribution in [0.2, 0.25) is 0 Å². The van der Waals surface area contributed by atoms with Crippen molar-refractivity contribution in [2.24, 2.45) is 0 Å². The van der Waals surface area contributed by atoms with E-state index in [9.17, 15) is 9.18 Å². The molecule has 1 rings (SSSR count). The molecule has 0 aliphatic carbocycles. The van der Waals surface area contributed by atoms with E-state index in [1.54, 1.807) is 12.1 Å². The zero-order valence-corrected chi connectivity index (χ0v) is 9.55. The number of rotatable bonds is 5. The molecule has 1 amide bonds.